The SMILES string of the molecule is CC1C=CC2=C(C=C1)C1(CC1)N(C)CC2. The Morgan fingerprint density at radius 2 is 2.00 bits per heavy atom. The van der Waals surface area contributed by atoms with Crippen LogP contribution >= 0.6 is 0 Å². The average molecular weight is 201 g/mol. The highest BCUT2D eigenvalue weighted by atomic mass is 15.2. The van der Waals surface area contributed by atoms with Crippen LogP contribution in [0.4, 0.5) is 0 Å². The van der Waals surface area contributed by atoms with E-state index in [9.17, 15) is 0 Å². The molecular weight excluding hydrogens is 182 g/mol. The molecule has 1 heterocycles. The van der Waals surface area contributed by atoms with Gasteiger partial charge in [0, 0.05) is 12.1 Å². The van der Waals surface area contributed by atoms with Crippen molar-refractivity contribution in [1.82, 2.24) is 4.90 Å². The largest absolute Gasteiger partial charge is 0.296 e. The van der Waals surface area contributed by atoms with E-state index < -0.39 is 0 Å². The van der Waals surface area contributed by atoms with Crippen molar-refractivity contribution in [1.29, 1.82) is 0 Å². The molecule has 3 aliphatic rings. The van der Waals surface area contributed by atoms with Crippen molar-refractivity contribution in [2.24, 2.45) is 5.92 Å². The molecule has 0 radical (unpaired) electrons. The first kappa shape index (κ1) is 9.41. The van der Waals surface area contributed by atoms with Crippen molar-refractivity contribution < 1.29 is 0 Å². The highest BCUT2D eigenvalue weighted by Gasteiger charge is 2.50. The van der Waals surface area contributed by atoms with Crippen LogP contribution in [0.15, 0.2) is 35.5 Å². The van der Waals surface area contributed by atoms with E-state index in [1.165, 1.54) is 25.8 Å². The first-order valence-electron chi connectivity index (χ1n) is 6.04. The number of nitrogens with zero attached hydrogens (tertiary/aromatic N) is 1. The summed E-state index contributed by atoms with van der Waals surface area (Å²) in [6.07, 6.45) is 13.4. The molecule has 1 saturated carbocycles. The number of allylic oxidation sites excluding steroid dienone is 3. The molecule has 1 heteroatoms. The topological polar surface area (TPSA) is 3.24 Å². The van der Waals surface area contributed by atoms with Crippen molar-refractivity contribution in [2.45, 2.75) is 31.7 Å². The van der Waals surface area contributed by atoms with Gasteiger partial charge in [0.1, 0.15) is 0 Å². The lowest BCUT2D eigenvalue weighted by Crippen LogP contribution is -2.39. The Balaban J connectivity index is 2.05. The minimum atomic E-state index is 0.429. The molecule has 1 atom stereocenters. The zero-order chi connectivity index (χ0) is 10.5. The van der Waals surface area contributed by atoms with Crippen LogP contribution in [0.25, 0.3) is 0 Å². The summed E-state index contributed by atoms with van der Waals surface area (Å²) in [6, 6.07) is 0. The van der Waals surface area contributed by atoms with Crippen molar-refractivity contribution in [3.05, 3.63) is 35.5 Å². The molecule has 1 spiro atoms. The predicted octanol–water partition coefficient (Wildman–Crippen LogP) is 2.91. The maximum absolute atomic E-state index is 2.56. The number of hydrogen-bond acceptors (Lipinski definition) is 1. The van der Waals surface area contributed by atoms with Gasteiger partial charge in [-0.15, -0.1) is 0 Å². The Hall–Kier alpha value is -0.820. The summed E-state index contributed by atoms with van der Waals surface area (Å²) < 4.78 is 0. The van der Waals surface area contributed by atoms with Crippen LogP contribution in [0, 0.1) is 5.92 Å². The van der Waals surface area contributed by atoms with E-state index in [2.05, 4.69) is 43.2 Å². The van der Waals surface area contributed by atoms with Gasteiger partial charge in [0.15, 0.2) is 0 Å². The highest BCUT2D eigenvalue weighted by Crippen LogP contribution is 2.51. The lowest BCUT2D eigenvalue weighted by molar-refractivity contribution is 0.244. The summed E-state index contributed by atoms with van der Waals surface area (Å²) in [5.74, 6) is 0.594. The van der Waals surface area contributed by atoms with Crippen molar-refractivity contribution in [3.63, 3.8) is 0 Å². The summed E-state index contributed by atoms with van der Waals surface area (Å²) in [6.45, 7) is 3.49. The van der Waals surface area contributed by atoms with Crippen molar-refractivity contribution in [2.75, 3.05) is 13.6 Å². The molecule has 0 aromatic rings. The average Bonchev–Trinajstić information content (AvgIpc) is 3.00. The minimum absolute atomic E-state index is 0.429. The second-order valence-electron chi connectivity index (χ2n) is 5.22. The van der Waals surface area contributed by atoms with E-state index >= 15 is 0 Å². The van der Waals surface area contributed by atoms with E-state index in [-0.39, 0.29) is 0 Å². The van der Waals surface area contributed by atoms with Gasteiger partial charge in [-0.3, -0.25) is 4.90 Å². The summed E-state index contributed by atoms with van der Waals surface area (Å²) in [5.41, 5.74) is 3.63. The van der Waals surface area contributed by atoms with Crippen LogP contribution < -0.4 is 0 Å². The lowest BCUT2D eigenvalue weighted by Gasteiger charge is -2.35. The normalized spacial score (nSPS) is 33.1. The zero-order valence-corrected chi connectivity index (χ0v) is 9.66. The molecule has 15 heavy (non-hydrogen) atoms. The van der Waals surface area contributed by atoms with E-state index in [0.29, 0.717) is 11.5 Å². The number of hydrogen-bond donors (Lipinski definition) is 0. The van der Waals surface area contributed by atoms with Gasteiger partial charge in [0.05, 0.1) is 0 Å². The van der Waals surface area contributed by atoms with Gasteiger partial charge in [-0.1, -0.05) is 31.2 Å². The number of fused-ring (bicyclic) bond motifs is 1. The van der Waals surface area contributed by atoms with Crippen LogP contribution in [-0.4, -0.2) is 24.0 Å². The Kier molecular flexibility index (Phi) is 1.93. The maximum Gasteiger partial charge on any atom is 0.0461 e. The molecule has 0 aromatic heterocycles. The molecule has 1 nitrogen and oxygen atoms in total. The summed E-state index contributed by atoms with van der Waals surface area (Å²) in [4.78, 5) is 2.56. The summed E-state index contributed by atoms with van der Waals surface area (Å²) >= 11 is 0. The van der Waals surface area contributed by atoms with Crippen LogP contribution in [0.5, 0.6) is 0 Å². The number of rotatable bonds is 0. The molecular formula is C14H19N. The van der Waals surface area contributed by atoms with E-state index in [4.69, 9.17) is 0 Å². The third kappa shape index (κ3) is 1.33. The molecule has 0 aromatic carbocycles. The summed E-state index contributed by atoms with van der Waals surface area (Å²) in [7, 11) is 2.28. The smallest absolute Gasteiger partial charge is 0.0461 e. The Bertz CT molecular complexity index is 369. The maximum atomic E-state index is 2.56. The van der Waals surface area contributed by atoms with Crippen LogP contribution in [-0.2, 0) is 0 Å². The fraction of sp³-hybridized carbons (Fsp3) is 0.571. The molecule has 0 N–H and O–H groups in total. The van der Waals surface area contributed by atoms with Crippen LogP contribution in [0.1, 0.15) is 26.2 Å². The molecule has 80 valence electrons. The number of likely N-dealkylation sites (N-methyl/N-ethyl adjacent to an activating group) is 1. The van der Waals surface area contributed by atoms with Crippen molar-refractivity contribution >= 4 is 0 Å². The Morgan fingerprint density at radius 3 is 2.73 bits per heavy atom. The minimum Gasteiger partial charge on any atom is -0.296 e. The van der Waals surface area contributed by atoms with Gasteiger partial charge in [-0.25, -0.2) is 0 Å². The second-order valence-corrected chi connectivity index (χ2v) is 5.22. The summed E-state index contributed by atoms with van der Waals surface area (Å²) in [5, 5.41) is 0. The molecule has 0 saturated heterocycles. The first-order valence-corrected chi connectivity index (χ1v) is 6.04. The molecule has 1 aliphatic heterocycles. The molecule has 0 bridgehead atoms. The highest BCUT2D eigenvalue weighted by molar-refractivity contribution is 5.48. The zero-order valence-electron chi connectivity index (χ0n) is 9.66. The van der Waals surface area contributed by atoms with Crippen LogP contribution in [0.2, 0.25) is 0 Å². The quantitative estimate of drug-likeness (QED) is 0.582. The molecule has 3 rings (SSSR count). The van der Waals surface area contributed by atoms with Gasteiger partial charge in [0.2, 0.25) is 0 Å². The van der Waals surface area contributed by atoms with Gasteiger partial charge in [-0.2, -0.15) is 0 Å². The molecule has 0 amide bonds. The van der Waals surface area contributed by atoms with Gasteiger partial charge in [0.25, 0.3) is 0 Å². The standard InChI is InChI=1S/C14H19N/c1-11-3-5-12-7-10-15(2)14(8-9-14)13(12)6-4-11/h3-6,11H,7-10H2,1-2H3. The third-order valence-electron chi connectivity index (χ3n) is 4.19. The second kappa shape index (κ2) is 3.08. The van der Waals surface area contributed by atoms with E-state index in [1.807, 2.05) is 0 Å². The fourth-order valence-corrected chi connectivity index (χ4v) is 2.93. The van der Waals surface area contributed by atoms with Gasteiger partial charge < -0.3 is 0 Å². The van der Waals surface area contributed by atoms with Gasteiger partial charge >= 0.3 is 0 Å². The fourth-order valence-electron chi connectivity index (χ4n) is 2.93. The lowest BCUT2D eigenvalue weighted by atomic mass is 9.91. The first-order chi connectivity index (χ1) is 7.22. The van der Waals surface area contributed by atoms with Crippen LogP contribution in [0.3, 0.4) is 0 Å². The van der Waals surface area contributed by atoms with E-state index in [1.54, 1.807) is 11.1 Å². The Morgan fingerprint density at radius 1 is 1.27 bits per heavy atom. The monoisotopic (exact) mass is 201 g/mol. The third-order valence-corrected chi connectivity index (χ3v) is 4.19. The Labute approximate surface area is 92.2 Å². The van der Waals surface area contributed by atoms with Gasteiger partial charge in [-0.05, 0) is 43.4 Å². The molecule has 1 fully saturated rings. The molecule has 1 unspecified atom stereocenters. The van der Waals surface area contributed by atoms with E-state index in [0.717, 1.165) is 0 Å². The predicted molar refractivity (Wildman–Crippen MR) is 63.7 cm³/mol. The molecule has 2 aliphatic carbocycles. The van der Waals surface area contributed by atoms with Crippen molar-refractivity contribution in [3.8, 4) is 0 Å².